The lowest BCUT2D eigenvalue weighted by atomic mass is 9.85. The van der Waals surface area contributed by atoms with Gasteiger partial charge in [-0.25, -0.2) is 13.8 Å². The molecule has 3 N–H and O–H groups in total. The summed E-state index contributed by atoms with van der Waals surface area (Å²) in [6, 6.07) is 4.02. The summed E-state index contributed by atoms with van der Waals surface area (Å²) in [5.41, 5.74) is -1.02. The second-order valence-corrected chi connectivity index (χ2v) is 11.2. The lowest BCUT2D eigenvalue weighted by Gasteiger charge is -2.30. The number of carbonyl (C=O) groups excluding carboxylic acids is 2. The molecule has 3 aromatic rings. The smallest absolute Gasteiger partial charge is 0.416 e. The largest absolute Gasteiger partial charge is 0.471 e. The molecule has 0 radical (unpaired) electrons. The predicted molar refractivity (Wildman–Crippen MR) is 146 cm³/mol. The van der Waals surface area contributed by atoms with Crippen molar-refractivity contribution in [3.63, 3.8) is 0 Å². The normalized spacial score (nSPS) is 17.6. The van der Waals surface area contributed by atoms with Crippen molar-refractivity contribution in [1.29, 1.82) is 0 Å². The summed E-state index contributed by atoms with van der Waals surface area (Å²) >= 11 is 0. The molecule has 2 heterocycles. The summed E-state index contributed by atoms with van der Waals surface area (Å²) in [7, 11) is 0. The van der Waals surface area contributed by atoms with Crippen LogP contribution in [0.3, 0.4) is 0 Å². The van der Waals surface area contributed by atoms with Crippen LogP contribution in [0.25, 0.3) is 11.2 Å². The Balaban J connectivity index is 1.60. The fourth-order valence-corrected chi connectivity index (χ4v) is 5.06. The zero-order chi connectivity index (χ0) is 33.1. The zero-order valence-corrected chi connectivity index (χ0v) is 24.2. The standard InChI is InChI=1S/C29H31F8N5O3/c1-14(2)25(43)38-12-15-3-8-20(29(35,36)37)16(9-15)10-23-40-21-11-19(27(42-24(21)41-23)45-13-22(30)31)26(44)39-18-6-4-17(5-7-18)28(32,33)34/h3,8-9,11,14,17-18,22H,4-7,10,12-13H2,1-2H3,(H,38,43)(H,39,44)(H,40,41,42). The highest BCUT2D eigenvalue weighted by Gasteiger charge is 2.41. The summed E-state index contributed by atoms with van der Waals surface area (Å²) < 4.78 is 111. The van der Waals surface area contributed by atoms with Crippen LogP contribution in [0.1, 0.15) is 72.4 Å². The number of nitrogens with one attached hydrogen (secondary N) is 3. The molecule has 0 unspecified atom stereocenters. The van der Waals surface area contributed by atoms with Crippen molar-refractivity contribution < 1.29 is 49.4 Å². The van der Waals surface area contributed by atoms with Gasteiger partial charge >= 0.3 is 12.4 Å². The molecular weight excluding hydrogens is 618 g/mol. The molecule has 246 valence electrons. The van der Waals surface area contributed by atoms with Crippen LogP contribution in [-0.2, 0) is 23.9 Å². The molecule has 1 saturated carbocycles. The first-order valence-electron chi connectivity index (χ1n) is 14.2. The molecule has 0 saturated heterocycles. The van der Waals surface area contributed by atoms with Gasteiger partial charge in [0.2, 0.25) is 11.8 Å². The Bertz CT molecular complexity index is 1510. The number of hydrogen-bond donors (Lipinski definition) is 3. The molecule has 1 aromatic carbocycles. The van der Waals surface area contributed by atoms with Gasteiger partial charge in [0.15, 0.2) is 12.3 Å². The molecule has 0 bridgehead atoms. The third kappa shape index (κ3) is 8.81. The molecule has 1 fully saturated rings. The Labute approximate surface area is 252 Å². The minimum atomic E-state index is -4.71. The summed E-state index contributed by atoms with van der Waals surface area (Å²) in [5, 5.41) is 5.24. The third-order valence-electron chi connectivity index (χ3n) is 7.43. The number of benzene rings is 1. The molecule has 16 heteroatoms. The Morgan fingerprint density at radius 3 is 2.31 bits per heavy atom. The van der Waals surface area contributed by atoms with Crippen molar-refractivity contribution in [2.24, 2.45) is 11.8 Å². The lowest BCUT2D eigenvalue weighted by molar-refractivity contribution is -0.182. The zero-order valence-electron chi connectivity index (χ0n) is 24.2. The van der Waals surface area contributed by atoms with Gasteiger partial charge < -0.3 is 20.4 Å². The number of nitrogens with zero attached hydrogens (tertiary/aromatic N) is 2. The van der Waals surface area contributed by atoms with Gasteiger partial charge in [-0.1, -0.05) is 26.0 Å². The number of pyridine rings is 1. The van der Waals surface area contributed by atoms with Gasteiger partial charge in [-0.05, 0) is 48.9 Å². The fraction of sp³-hybridized carbons (Fsp3) is 0.517. The van der Waals surface area contributed by atoms with Crippen molar-refractivity contribution in [3.8, 4) is 5.88 Å². The average molecular weight is 650 g/mol. The van der Waals surface area contributed by atoms with Crippen LogP contribution in [0, 0.1) is 11.8 Å². The first-order chi connectivity index (χ1) is 21.0. The van der Waals surface area contributed by atoms with E-state index in [1.54, 1.807) is 13.8 Å². The van der Waals surface area contributed by atoms with Crippen molar-refractivity contribution in [2.75, 3.05) is 6.61 Å². The van der Waals surface area contributed by atoms with E-state index < -0.39 is 54.7 Å². The highest BCUT2D eigenvalue weighted by Crippen LogP contribution is 2.38. The highest BCUT2D eigenvalue weighted by atomic mass is 19.4. The Morgan fingerprint density at radius 1 is 1.02 bits per heavy atom. The molecule has 0 atom stereocenters. The topological polar surface area (TPSA) is 109 Å². The van der Waals surface area contributed by atoms with E-state index in [2.05, 4.69) is 25.6 Å². The maximum Gasteiger partial charge on any atom is 0.416 e. The summed E-state index contributed by atoms with van der Waals surface area (Å²) in [4.78, 5) is 36.1. The Morgan fingerprint density at radius 2 is 1.71 bits per heavy atom. The molecule has 2 aromatic heterocycles. The number of amides is 2. The average Bonchev–Trinajstić information content (AvgIpc) is 3.34. The molecule has 8 nitrogen and oxygen atoms in total. The number of imidazole rings is 1. The second kappa shape index (κ2) is 13.6. The molecule has 2 amide bonds. The number of halogens is 8. The van der Waals surface area contributed by atoms with E-state index >= 15 is 0 Å². The number of ether oxygens (including phenoxy) is 1. The highest BCUT2D eigenvalue weighted by molar-refractivity contribution is 5.99. The Kier molecular flexibility index (Phi) is 10.2. The number of hydrogen-bond acceptors (Lipinski definition) is 5. The summed E-state index contributed by atoms with van der Waals surface area (Å²) in [6.07, 6.45) is -12.6. The molecule has 0 aliphatic heterocycles. The minimum Gasteiger partial charge on any atom is -0.471 e. The molecule has 1 aliphatic rings. The van der Waals surface area contributed by atoms with Gasteiger partial charge in [0, 0.05) is 24.9 Å². The van der Waals surface area contributed by atoms with Gasteiger partial charge in [0.1, 0.15) is 11.4 Å². The van der Waals surface area contributed by atoms with Crippen LogP contribution < -0.4 is 15.4 Å². The maximum absolute atomic E-state index is 13.8. The van der Waals surface area contributed by atoms with Crippen LogP contribution in [-0.4, -0.2) is 52.0 Å². The van der Waals surface area contributed by atoms with E-state index in [1.165, 1.54) is 18.2 Å². The number of aromatic amines is 1. The summed E-state index contributed by atoms with van der Waals surface area (Å²) in [6.45, 7) is 2.21. The first kappa shape index (κ1) is 33.9. The molecule has 4 rings (SSSR count). The monoisotopic (exact) mass is 649 g/mol. The Hall–Kier alpha value is -3.98. The van der Waals surface area contributed by atoms with E-state index in [4.69, 9.17) is 4.74 Å². The van der Waals surface area contributed by atoms with Crippen LogP contribution in [0.15, 0.2) is 24.3 Å². The SMILES string of the molecule is CC(C)C(=O)NCc1ccc(C(F)(F)F)c(Cc2nc3nc(OCC(F)F)c(C(=O)NC4CCC(C(F)(F)F)CC4)cc3[nH]2)c1. The third-order valence-corrected chi connectivity index (χ3v) is 7.43. The van der Waals surface area contributed by atoms with E-state index in [0.717, 1.165) is 6.07 Å². The van der Waals surface area contributed by atoms with Crippen LogP contribution in [0.2, 0.25) is 0 Å². The number of fused-ring (bicyclic) bond motifs is 1. The van der Waals surface area contributed by atoms with Crippen molar-refractivity contribution in [2.45, 2.75) is 77.3 Å². The van der Waals surface area contributed by atoms with Crippen molar-refractivity contribution in [1.82, 2.24) is 25.6 Å². The molecule has 0 spiro atoms. The predicted octanol–water partition coefficient (Wildman–Crippen LogP) is 6.33. The van der Waals surface area contributed by atoms with Crippen LogP contribution >= 0.6 is 0 Å². The fourth-order valence-electron chi connectivity index (χ4n) is 5.06. The van der Waals surface area contributed by atoms with E-state index in [0.29, 0.717) is 5.56 Å². The second-order valence-electron chi connectivity index (χ2n) is 11.2. The number of carbonyl (C=O) groups is 2. The maximum atomic E-state index is 13.8. The molecule has 45 heavy (non-hydrogen) atoms. The first-order valence-corrected chi connectivity index (χ1v) is 14.2. The quantitative estimate of drug-likeness (QED) is 0.223. The minimum absolute atomic E-state index is 0.00852. The van der Waals surface area contributed by atoms with Crippen molar-refractivity contribution in [3.05, 3.63) is 52.3 Å². The summed E-state index contributed by atoms with van der Waals surface area (Å²) in [5.74, 6) is -3.41. The van der Waals surface area contributed by atoms with Crippen molar-refractivity contribution >= 4 is 23.0 Å². The number of aromatic nitrogens is 3. The van der Waals surface area contributed by atoms with Gasteiger partial charge in [-0.15, -0.1) is 0 Å². The van der Waals surface area contributed by atoms with Crippen LogP contribution in [0.4, 0.5) is 35.1 Å². The van der Waals surface area contributed by atoms with E-state index in [-0.39, 0.29) is 78.6 Å². The number of alkyl halides is 8. The van der Waals surface area contributed by atoms with E-state index in [1.807, 2.05) is 0 Å². The number of H-pyrrole nitrogens is 1. The van der Waals surface area contributed by atoms with Crippen LogP contribution in [0.5, 0.6) is 5.88 Å². The van der Waals surface area contributed by atoms with Gasteiger partial charge in [0.25, 0.3) is 12.3 Å². The van der Waals surface area contributed by atoms with Gasteiger partial charge in [0.05, 0.1) is 17.0 Å². The van der Waals surface area contributed by atoms with E-state index in [9.17, 15) is 44.7 Å². The van der Waals surface area contributed by atoms with Gasteiger partial charge in [-0.2, -0.15) is 31.3 Å². The molecule has 1 aliphatic carbocycles. The number of rotatable bonds is 10. The van der Waals surface area contributed by atoms with Gasteiger partial charge in [-0.3, -0.25) is 9.59 Å². The molecular formula is C29H31F8N5O3. The lowest BCUT2D eigenvalue weighted by Crippen LogP contribution is -2.40.